The molecule has 0 fully saturated rings. The van der Waals surface area contributed by atoms with Crippen molar-refractivity contribution in [2.45, 2.75) is 20.0 Å². The standard InChI is InChI=1S/C17H20N6S/c1-13-3-5-14(6-4-13)11-23-12-15(9-20-23)21-17(24)18-10-16-7-8-19-22(16)2/h3-9,12H,10-11H2,1-2H3,(H2,18,21,24). The van der Waals surface area contributed by atoms with E-state index in [-0.39, 0.29) is 0 Å². The van der Waals surface area contributed by atoms with Gasteiger partial charge in [0.15, 0.2) is 5.11 Å². The summed E-state index contributed by atoms with van der Waals surface area (Å²) in [5.41, 5.74) is 4.40. The molecule has 2 heterocycles. The molecule has 7 heteroatoms. The zero-order valence-corrected chi connectivity index (χ0v) is 14.5. The Morgan fingerprint density at radius 2 is 1.96 bits per heavy atom. The molecule has 0 bridgehead atoms. The molecule has 0 unspecified atom stereocenters. The van der Waals surface area contributed by atoms with Gasteiger partial charge in [0.05, 0.1) is 30.7 Å². The Morgan fingerprint density at radius 3 is 2.67 bits per heavy atom. The van der Waals surface area contributed by atoms with Crippen LogP contribution in [0.5, 0.6) is 0 Å². The number of nitrogens with zero attached hydrogens (tertiary/aromatic N) is 4. The third-order valence-corrected chi connectivity index (χ3v) is 3.96. The maximum atomic E-state index is 5.32. The monoisotopic (exact) mass is 340 g/mol. The van der Waals surface area contributed by atoms with Crippen molar-refractivity contribution in [1.82, 2.24) is 24.9 Å². The van der Waals surface area contributed by atoms with E-state index in [2.05, 4.69) is 52.0 Å². The van der Waals surface area contributed by atoms with Crippen molar-refractivity contribution >= 4 is 23.0 Å². The molecular weight excluding hydrogens is 320 g/mol. The average Bonchev–Trinajstić information content (AvgIpc) is 3.17. The molecule has 0 amide bonds. The number of benzene rings is 1. The second-order valence-electron chi connectivity index (χ2n) is 5.67. The largest absolute Gasteiger partial charge is 0.357 e. The first-order valence-corrected chi connectivity index (χ1v) is 8.11. The van der Waals surface area contributed by atoms with Crippen LogP contribution in [0.1, 0.15) is 16.8 Å². The van der Waals surface area contributed by atoms with Crippen LogP contribution >= 0.6 is 12.2 Å². The molecule has 0 spiro atoms. The maximum absolute atomic E-state index is 5.32. The van der Waals surface area contributed by atoms with Gasteiger partial charge in [-0.2, -0.15) is 10.2 Å². The summed E-state index contributed by atoms with van der Waals surface area (Å²) >= 11 is 5.32. The fourth-order valence-electron chi connectivity index (χ4n) is 2.32. The van der Waals surface area contributed by atoms with Crippen LogP contribution < -0.4 is 10.6 Å². The number of thiocarbonyl (C=S) groups is 1. The molecule has 2 aromatic heterocycles. The molecule has 6 nitrogen and oxygen atoms in total. The minimum atomic E-state index is 0.561. The Morgan fingerprint density at radius 1 is 1.17 bits per heavy atom. The van der Waals surface area contributed by atoms with E-state index in [1.165, 1.54) is 11.1 Å². The highest BCUT2D eigenvalue weighted by atomic mass is 32.1. The maximum Gasteiger partial charge on any atom is 0.171 e. The van der Waals surface area contributed by atoms with Gasteiger partial charge in [0.2, 0.25) is 0 Å². The number of anilines is 1. The van der Waals surface area contributed by atoms with Gasteiger partial charge in [0.25, 0.3) is 0 Å². The summed E-state index contributed by atoms with van der Waals surface area (Å²) in [4.78, 5) is 0. The van der Waals surface area contributed by atoms with Gasteiger partial charge in [-0.05, 0) is 30.8 Å². The molecule has 0 radical (unpaired) electrons. The Kier molecular flexibility index (Phi) is 4.90. The molecule has 0 saturated heterocycles. The van der Waals surface area contributed by atoms with Crippen LogP contribution in [-0.2, 0) is 20.1 Å². The number of hydrogen-bond acceptors (Lipinski definition) is 3. The van der Waals surface area contributed by atoms with Gasteiger partial charge < -0.3 is 10.6 Å². The first-order chi connectivity index (χ1) is 11.6. The lowest BCUT2D eigenvalue weighted by Gasteiger charge is -2.09. The third kappa shape index (κ3) is 4.20. The number of aryl methyl sites for hydroxylation is 2. The molecule has 0 atom stereocenters. The van der Waals surface area contributed by atoms with Crippen molar-refractivity contribution in [1.29, 1.82) is 0 Å². The van der Waals surface area contributed by atoms with Gasteiger partial charge in [0, 0.05) is 19.4 Å². The Balaban J connectivity index is 1.52. The molecule has 24 heavy (non-hydrogen) atoms. The first-order valence-electron chi connectivity index (χ1n) is 7.70. The molecule has 3 aromatic rings. The van der Waals surface area contributed by atoms with E-state index in [1.807, 2.05) is 28.7 Å². The predicted molar refractivity (Wildman–Crippen MR) is 98.8 cm³/mol. The van der Waals surface area contributed by atoms with E-state index in [0.29, 0.717) is 11.7 Å². The van der Waals surface area contributed by atoms with Crippen molar-refractivity contribution in [3.8, 4) is 0 Å². The molecule has 1 aromatic carbocycles. The molecule has 124 valence electrons. The second-order valence-corrected chi connectivity index (χ2v) is 6.07. The highest BCUT2D eigenvalue weighted by molar-refractivity contribution is 7.80. The average molecular weight is 340 g/mol. The van der Waals surface area contributed by atoms with Crippen LogP contribution in [0.3, 0.4) is 0 Å². The lowest BCUT2D eigenvalue weighted by atomic mass is 10.1. The highest BCUT2D eigenvalue weighted by Crippen LogP contribution is 2.09. The predicted octanol–water partition coefficient (Wildman–Crippen LogP) is 2.46. The summed E-state index contributed by atoms with van der Waals surface area (Å²) in [5, 5.41) is 15.4. The smallest absolute Gasteiger partial charge is 0.171 e. The summed E-state index contributed by atoms with van der Waals surface area (Å²) in [6.07, 6.45) is 5.48. The van der Waals surface area contributed by atoms with Crippen LogP contribution in [0.4, 0.5) is 5.69 Å². The van der Waals surface area contributed by atoms with Crippen molar-refractivity contribution in [3.63, 3.8) is 0 Å². The topological polar surface area (TPSA) is 59.7 Å². The van der Waals surface area contributed by atoms with Gasteiger partial charge in [-0.15, -0.1) is 0 Å². The van der Waals surface area contributed by atoms with Crippen LogP contribution in [-0.4, -0.2) is 24.7 Å². The molecule has 0 aliphatic rings. The minimum Gasteiger partial charge on any atom is -0.357 e. The number of rotatable bonds is 5. The van der Waals surface area contributed by atoms with Crippen LogP contribution in [0, 0.1) is 6.92 Å². The molecule has 2 N–H and O–H groups in total. The lowest BCUT2D eigenvalue weighted by molar-refractivity contribution is 0.687. The first kappa shape index (κ1) is 16.2. The fourth-order valence-corrected chi connectivity index (χ4v) is 2.51. The lowest BCUT2D eigenvalue weighted by Crippen LogP contribution is -2.28. The van der Waals surface area contributed by atoms with E-state index in [0.717, 1.165) is 17.9 Å². The Bertz CT molecular complexity index is 818. The third-order valence-electron chi connectivity index (χ3n) is 3.71. The van der Waals surface area contributed by atoms with Gasteiger partial charge in [0.1, 0.15) is 0 Å². The Labute approximate surface area is 146 Å². The summed E-state index contributed by atoms with van der Waals surface area (Å²) in [6.45, 7) is 3.44. The van der Waals surface area contributed by atoms with Crippen LogP contribution in [0.15, 0.2) is 48.9 Å². The molecule has 0 aliphatic carbocycles. The fraction of sp³-hybridized carbons (Fsp3) is 0.235. The second kappa shape index (κ2) is 7.27. The normalized spacial score (nSPS) is 10.6. The summed E-state index contributed by atoms with van der Waals surface area (Å²) < 4.78 is 3.70. The van der Waals surface area contributed by atoms with Gasteiger partial charge in [-0.1, -0.05) is 29.8 Å². The highest BCUT2D eigenvalue weighted by Gasteiger charge is 2.04. The van der Waals surface area contributed by atoms with Crippen LogP contribution in [0.25, 0.3) is 0 Å². The van der Waals surface area contributed by atoms with Crippen LogP contribution in [0.2, 0.25) is 0 Å². The van der Waals surface area contributed by atoms with E-state index < -0.39 is 0 Å². The number of hydrogen-bond donors (Lipinski definition) is 2. The summed E-state index contributed by atoms with van der Waals surface area (Å²) in [6, 6.07) is 10.4. The molecule has 0 saturated carbocycles. The van der Waals surface area contributed by atoms with Gasteiger partial charge >= 0.3 is 0 Å². The van der Waals surface area contributed by atoms with Crippen molar-refractivity contribution in [2.24, 2.45) is 7.05 Å². The summed E-state index contributed by atoms with van der Waals surface area (Å²) in [7, 11) is 1.91. The van der Waals surface area contributed by atoms with Crippen molar-refractivity contribution in [2.75, 3.05) is 5.32 Å². The molecule has 0 aliphatic heterocycles. The molecule has 3 rings (SSSR count). The van der Waals surface area contributed by atoms with E-state index in [9.17, 15) is 0 Å². The van der Waals surface area contributed by atoms with E-state index >= 15 is 0 Å². The number of aromatic nitrogens is 4. The molecular formula is C17H20N6S. The van der Waals surface area contributed by atoms with Gasteiger partial charge in [-0.3, -0.25) is 9.36 Å². The zero-order chi connectivity index (χ0) is 16.9. The summed E-state index contributed by atoms with van der Waals surface area (Å²) in [5.74, 6) is 0. The SMILES string of the molecule is Cc1ccc(Cn2cc(NC(=S)NCc3ccnn3C)cn2)cc1. The Hall–Kier alpha value is -2.67. The minimum absolute atomic E-state index is 0.561. The number of nitrogens with one attached hydrogen (secondary N) is 2. The van der Waals surface area contributed by atoms with Crippen molar-refractivity contribution in [3.05, 3.63) is 65.7 Å². The van der Waals surface area contributed by atoms with Gasteiger partial charge in [-0.25, -0.2) is 0 Å². The van der Waals surface area contributed by atoms with E-state index in [4.69, 9.17) is 12.2 Å². The quantitative estimate of drug-likeness (QED) is 0.699. The van der Waals surface area contributed by atoms with E-state index in [1.54, 1.807) is 12.4 Å². The zero-order valence-electron chi connectivity index (χ0n) is 13.7. The van der Waals surface area contributed by atoms with Crippen molar-refractivity contribution < 1.29 is 0 Å².